The Morgan fingerprint density at radius 1 is 0.938 bits per heavy atom. The number of carbonyl (C=O) groups is 7. The SMILES string of the molecule is CCOC(=O)NNC(=O)[C@@H](C)C[C@H](Cc1ccc(O)cc1)NC(=O)c1csc([C@@H](C[C@H](C(C)C)N(COC(=O)CC(C)C)C(=O)[C@@H](CC(=O)[C@H]2CCCCN2C)C(C)CC)OC(C)=O)n1. The Morgan fingerprint density at radius 2 is 1.63 bits per heavy atom. The maximum absolute atomic E-state index is 15.0. The van der Waals surface area contributed by atoms with Gasteiger partial charge in [0.25, 0.3) is 5.91 Å². The minimum absolute atomic E-state index is 0.00381. The molecule has 7 atom stereocenters. The van der Waals surface area contributed by atoms with Crippen LogP contribution in [0.25, 0.3) is 0 Å². The molecule has 2 heterocycles. The second-order valence-electron chi connectivity index (χ2n) is 17.9. The number of benzene rings is 1. The lowest BCUT2D eigenvalue weighted by Crippen LogP contribution is -2.50. The van der Waals surface area contributed by atoms with E-state index >= 15 is 0 Å². The number of nitrogens with one attached hydrogen (secondary N) is 3. The highest BCUT2D eigenvalue weighted by atomic mass is 32.1. The van der Waals surface area contributed by atoms with Gasteiger partial charge in [-0.05, 0) is 81.6 Å². The number of rotatable bonds is 24. The third kappa shape index (κ3) is 17.7. The summed E-state index contributed by atoms with van der Waals surface area (Å²) < 4.78 is 16.4. The largest absolute Gasteiger partial charge is 0.508 e. The monoisotopic (exact) mass is 928 g/mol. The highest BCUT2D eigenvalue weighted by Crippen LogP contribution is 2.34. The first-order valence-electron chi connectivity index (χ1n) is 22.9. The van der Waals surface area contributed by atoms with Gasteiger partial charge in [0.05, 0.1) is 12.6 Å². The van der Waals surface area contributed by atoms with Crippen molar-refractivity contribution in [1.29, 1.82) is 0 Å². The highest BCUT2D eigenvalue weighted by Gasteiger charge is 2.40. The maximum Gasteiger partial charge on any atom is 0.426 e. The number of amides is 4. The first-order valence-corrected chi connectivity index (χ1v) is 23.7. The number of thiazole rings is 1. The molecule has 0 aliphatic carbocycles. The van der Waals surface area contributed by atoms with Crippen LogP contribution in [-0.2, 0) is 44.6 Å². The lowest BCUT2D eigenvalue weighted by Gasteiger charge is -2.39. The number of hydrogen-bond donors (Lipinski definition) is 4. The van der Waals surface area contributed by atoms with Crippen molar-refractivity contribution in [1.82, 2.24) is 31.0 Å². The van der Waals surface area contributed by atoms with Crippen LogP contribution in [-0.4, -0.2) is 106 Å². The first kappa shape index (κ1) is 54.2. The van der Waals surface area contributed by atoms with E-state index in [-0.39, 0.29) is 92.4 Å². The van der Waals surface area contributed by atoms with Crippen molar-refractivity contribution in [3.05, 3.63) is 45.9 Å². The van der Waals surface area contributed by atoms with Gasteiger partial charge < -0.3 is 29.5 Å². The van der Waals surface area contributed by atoms with Gasteiger partial charge in [-0.1, -0.05) is 73.4 Å². The van der Waals surface area contributed by atoms with Crippen molar-refractivity contribution in [3.63, 3.8) is 0 Å². The zero-order chi connectivity index (χ0) is 48.4. The topological polar surface area (TPSA) is 223 Å². The van der Waals surface area contributed by atoms with Gasteiger partial charge in [-0.2, -0.15) is 0 Å². The number of nitrogens with zero attached hydrogens (tertiary/aromatic N) is 3. The number of piperidine rings is 1. The molecule has 1 unspecified atom stereocenters. The summed E-state index contributed by atoms with van der Waals surface area (Å²) in [4.78, 5) is 101. The fourth-order valence-corrected chi connectivity index (χ4v) is 8.78. The van der Waals surface area contributed by atoms with Crippen molar-refractivity contribution in [2.75, 3.05) is 26.9 Å². The predicted octanol–water partition coefficient (Wildman–Crippen LogP) is 6.49. The van der Waals surface area contributed by atoms with Gasteiger partial charge >= 0.3 is 18.0 Å². The molecule has 0 saturated carbocycles. The van der Waals surface area contributed by atoms with E-state index in [0.717, 1.165) is 42.7 Å². The molecule has 17 nitrogen and oxygen atoms in total. The number of esters is 2. The van der Waals surface area contributed by atoms with Crippen molar-refractivity contribution in [2.24, 2.45) is 29.6 Å². The summed E-state index contributed by atoms with van der Waals surface area (Å²) in [6, 6.07) is 4.88. The number of hydrogen-bond acceptors (Lipinski definition) is 14. The lowest BCUT2D eigenvalue weighted by molar-refractivity contribution is -0.162. The van der Waals surface area contributed by atoms with E-state index in [1.807, 2.05) is 48.6 Å². The van der Waals surface area contributed by atoms with Crippen molar-refractivity contribution in [3.8, 4) is 5.75 Å². The molecule has 0 spiro atoms. The summed E-state index contributed by atoms with van der Waals surface area (Å²) in [6.45, 7) is 16.6. The highest BCUT2D eigenvalue weighted by molar-refractivity contribution is 7.09. The minimum Gasteiger partial charge on any atom is -0.508 e. The van der Waals surface area contributed by atoms with E-state index in [1.54, 1.807) is 26.0 Å². The molecule has 362 valence electrons. The van der Waals surface area contributed by atoms with Crippen molar-refractivity contribution in [2.45, 2.75) is 144 Å². The Morgan fingerprint density at radius 3 is 2.23 bits per heavy atom. The van der Waals surface area contributed by atoms with Crippen LogP contribution in [0.5, 0.6) is 5.75 Å². The van der Waals surface area contributed by atoms with E-state index in [0.29, 0.717) is 11.4 Å². The summed E-state index contributed by atoms with van der Waals surface area (Å²) in [5.41, 5.74) is 5.32. The van der Waals surface area contributed by atoms with Crippen LogP contribution in [0.2, 0.25) is 0 Å². The normalized spacial score (nSPS) is 16.9. The van der Waals surface area contributed by atoms with Gasteiger partial charge in [0, 0.05) is 55.5 Å². The van der Waals surface area contributed by atoms with Crippen LogP contribution in [0.4, 0.5) is 4.79 Å². The maximum atomic E-state index is 15.0. The zero-order valence-corrected chi connectivity index (χ0v) is 40.7. The number of likely N-dealkylation sites (N-methyl/N-ethyl adjacent to an activating group) is 1. The third-order valence-corrected chi connectivity index (χ3v) is 12.7. The summed E-state index contributed by atoms with van der Waals surface area (Å²) in [5.74, 6) is -4.22. The van der Waals surface area contributed by atoms with E-state index < -0.39 is 59.9 Å². The smallest absolute Gasteiger partial charge is 0.426 e. The molecule has 1 aliphatic rings. The molecule has 1 fully saturated rings. The number of phenols is 1. The van der Waals surface area contributed by atoms with E-state index in [2.05, 4.69) is 26.1 Å². The standard InChI is InChI=1S/C47H72N6O11S/c1-11-30(7)36(24-40(56)38-15-13-14-20-52(38)10)46(60)53(27-63-42(57)21-28(3)4)39(29(5)6)25-41(64-32(9)54)45-49-37(26-65-45)44(59)48-34(23-33-16-18-35(55)19-17-33)22-31(8)43(58)50-51-47(61)62-12-2/h16-19,26,28-31,34,36,38-39,41,55H,11-15,20-25,27H2,1-10H3,(H,48,59)(H,50,58)(H,51,61)/t30?,31-,34+,36-,38+,39+,41+/m0/s1. The quantitative estimate of drug-likeness (QED) is 0.0383. The van der Waals surface area contributed by atoms with Gasteiger partial charge in [-0.15, -0.1) is 11.3 Å². The Hall–Kier alpha value is -5.10. The average molecular weight is 929 g/mol. The third-order valence-electron chi connectivity index (χ3n) is 11.8. The fourth-order valence-electron chi connectivity index (χ4n) is 7.94. The summed E-state index contributed by atoms with van der Waals surface area (Å²) >= 11 is 1.10. The van der Waals surface area contributed by atoms with Gasteiger partial charge in [-0.3, -0.25) is 39.1 Å². The molecule has 1 aromatic heterocycles. The number of aromatic nitrogens is 1. The number of Topliss-reactive ketones (excluding diaryl/α,β-unsaturated/α-hetero) is 1. The number of phenolic OH excluding ortho intramolecular Hbond substituents is 1. The number of hydrazine groups is 1. The van der Waals surface area contributed by atoms with Crippen LogP contribution in [0.1, 0.15) is 141 Å². The van der Waals surface area contributed by atoms with Crippen LogP contribution in [0, 0.1) is 29.6 Å². The van der Waals surface area contributed by atoms with Crippen LogP contribution < -0.4 is 16.2 Å². The molecular weight excluding hydrogens is 857 g/mol. The molecule has 4 amide bonds. The first-order chi connectivity index (χ1) is 30.7. The van der Waals surface area contributed by atoms with Crippen LogP contribution in [0.15, 0.2) is 29.6 Å². The molecule has 1 saturated heterocycles. The molecule has 0 radical (unpaired) electrons. The number of aromatic hydroxyl groups is 1. The number of ketones is 1. The second kappa shape index (κ2) is 26.8. The Kier molecular flexibility index (Phi) is 22.3. The number of likely N-dealkylation sites (tertiary alicyclic amines) is 1. The van der Waals surface area contributed by atoms with E-state index in [1.165, 1.54) is 29.3 Å². The van der Waals surface area contributed by atoms with Gasteiger partial charge in [0.1, 0.15) is 16.5 Å². The zero-order valence-electron chi connectivity index (χ0n) is 39.8. The number of ether oxygens (including phenoxy) is 3. The fraction of sp³-hybridized carbons (Fsp3) is 0.660. The molecular formula is C47H72N6O11S. The van der Waals surface area contributed by atoms with Gasteiger partial charge in [0.15, 0.2) is 18.6 Å². The molecule has 1 aliphatic heterocycles. The Labute approximate surface area is 388 Å². The Bertz CT molecular complexity index is 1890. The summed E-state index contributed by atoms with van der Waals surface area (Å²) in [5, 5.41) is 14.7. The lowest BCUT2D eigenvalue weighted by atomic mass is 9.82. The molecule has 1 aromatic carbocycles. The molecule has 3 rings (SSSR count). The van der Waals surface area contributed by atoms with Crippen molar-refractivity contribution < 1.29 is 52.9 Å². The van der Waals surface area contributed by atoms with E-state index in [9.17, 15) is 38.7 Å². The molecule has 65 heavy (non-hydrogen) atoms. The minimum atomic E-state index is -1.02. The van der Waals surface area contributed by atoms with Gasteiger partial charge in [0.2, 0.25) is 11.8 Å². The van der Waals surface area contributed by atoms with Crippen molar-refractivity contribution >= 4 is 52.9 Å². The second-order valence-corrected chi connectivity index (χ2v) is 18.8. The van der Waals surface area contributed by atoms with E-state index in [4.69, 9.17) is 14.2 Å². The summed E-state index contributed by atoms with van der Waals surface area (Å²) in [7, 11) is 1.94. The molecule has 0 bridgehead atoms. The molecule has 4 N–H and O–H groups in total. The van der Waals surface area contributed by atoms with Crippen LogP contribution >= 0.6 is 11.3 Å². The van der Waals surface area contributed by atoms with Crippen LogP contribution in [0.3, 0.4) is 0 Å². The average Bonchev–Trinajstić information content (AvgIpc) is 3.75. The van der Waals surface area contributed by atoms with Gasteiger partial charge in [-0.25, -0.2) is 15.2 Å². The summed E-state index contributed by atoms with van der Waals surface area (Å²) in [6.07, 6.45) is 2.12. The Balaban J connectivity index is 1.95. The molecule has 18 heteroatoms. The molecule has 2 aromatic rings. The number of carbonyl (C=O) groups excluding carboxylic acids is 7. The predicted molar refractivity (Wildman–Crippen MR) is 245 cm³/mol.